The molecular formula is C24H31N3O4. The van der Waals surface area contributed by atoms with E-state index in [1.54, 1.807) is 7.11 Å². The van der Waals surface area contributed by atoms with Crippen molar-refractivity contribution in [3.63, 3.8) is 0 Å². The summed E-state index contributed by atoms with van der Waals surface area (Å²) < 4.78 is 11.0. The van der Waals surface area contributed by atoms with Crippen LogP contribution in [0.1, 0.15) is 30.1 Å². The molecule has 166 valence electrons. The fourth-order valence-electron chi connectivity index (χ4n) is 3.52. The molecule has 1 atom stereocenters. The zero-order valence-electron chi connectivity index (χ0n) is 18.0. The highest BCUT2D eigenvalue weighted by atomic mass is 16.5. The van der Waals surface area contributed by atoms with Crippen molar-refractivity contribution in [3.8, 4) is 5.75 Å². The molecule has 7 nitrogen and oxygen atoms in total. The molecule has 0 spiro atoms. The number of hydrogen-bond donors (Lipinski definition) is 2. The zero-order chi connectivity index (χ0) is 21.9. The van der Waals surface area contributed by atoms with Gasteiger partial charge in [-0.2, -0.15) is 0 Å². The molecule has 0 aromatic heterocycles. The summed E-state index contributed by atoms with van der Waals surface area (Å²) >= 11 is 0. The Bertz CT molecular complexity index is 826. The molecule has 0 aliphatic carbocycles. The smallest absolute Gasteiger partial charge is 0.309 e. The minimum absolute atomic E-state index is 0.115. The Morgan fingerprint density at radius 2 is 1.77 bits per heavy atom. The lowest BCUT2D eigenvalue weighted by Gasteiger charge is -2.33. The van der Waals surface area contributed by atoms with E-state index in [2.05, 4.69) is 27.7 Å². The minimum Gasteiger partial charge on any atom is -0.497 e. The first kappa shape index (κ1) is 22.8. The first-order valence-electron chi connectivity index (χ1n) is 10.7. The van der Waals surface area contributed by atoms with Crippen molar-refractivity contribution in [2.24, 2.45) is 0 Å². The van der Waals surface area contributed by atoms with Crippen molar-refractivity contribution in [3.05, 3.63) is 65.7 Å². The van der Waals surface area contributed by atoms with Crippen molar-refractivity contribution in [2.45, 2.75) is 25.5 Å². The van der Waals surface area contributed by atoms with E-state index in [1.807, 2.05) is 42.5 Å². The van der Waals surface area contributed by atoms with Gasteiger partial charge in [0, 0.05) is 26.2 Å². The number of unbranched alkanes of at least 4 members (excludes halogenated alkanes) is 1. The van der Waals surface area contributed by atoms with Crippen LogP contribution in [0.25, 0.3) is 0 Å². The lowest BCUT2D eigenvalue weighted by molar-refractivity contribution is -0.139. The van der Waals surface area contributed by atoms with E-state index in [4.69, 9.17) is 9.47 Å². The third kappa shape index (κ3) is 7.38. The molecule has 2 amide bonds. The molecule has 0 bridgehead atoms. The van der Waals surface area contributed by atoms with Gasteiger partial charge in [-0.15, -0.1) is 0 Å². The molecule has 7 heteroatoms. The van der Waals surface area contributed by atoms with Crippen LogP contribution in [0.3, 0.4) is 0 Å². The van der Waals surface area contributed by atoms with Crippen LogP contribution in [0.5, 0.6) is 5.75 Å². The number of hydrogen-bond acceptors (Lipinski definition) is 5. The van der Waals surface area contributed by atoms with Gasteiger partial charge < -0.3 is 20.1 Å². The van der Waals surface area contributed by atoms with Gasteiger partial charge in [-0.1, -0.05) is 42.5 Å². The Morgan fingerprint density at radius 3 is 2.52 bits per heavy atom. The average Bonchev–Trinajstić information content (AvgIpc) is 2.83. The van der Waals surface area contributed by atoms with Gasteiger partial charge in [-0.3, -0.25) is 14.5 Å². The average molecular weight is 426 g/mol. The molecular weight excluding hydrogens is 394 g/mol. The van der Waals surface area contributed by atoms with Gasteiger partial charge in [0.25, 0.3) is 0 Å². The monoisotopic (exact) mass is 425 g/mol. The molecule has 0 radical (unpaired) electrons. The predicted molar refractivity (Wildman–Crippen MR) is 119 cm³/mol. The molecule has 2 aromatic carbocycles. The maximum Gasteiger partial charge on any atom is 0.309 e. The summed E-state index contributed by atoms with van der Waals surface area (Å²) in [6.07, 6.45) is 1.89. The SMILES string of the molecule is COc1ccc(CNC(=O)C(=O)NCCCCN2CCOC(c3ccccc3)C2)cc1. The Hall–Kier alpha value is -2.90. The highest BCUT2D eigenvalue weighted by molar-refractivity contribution is 6.35. The molecule has 1 heterocycles. The maximum atomic E-state index is 12.0. The van der Waals surface area contributed by atoms with Crippen LogP contribution in [0, 0.1) is 0 Å². The fraction of sp³-hybridized carbons (Fsp3) is 0.417. The van der Waals surface area contributed by atoms with Crippen LogP contribution >= 0.6 is 0 Å². The topological polar surface area (TPSA) is 79.9 Å². The van der Waals surface area contributed by atoms with Gasteiger partial charge in [0.2, 0.25) is 0 Å². The van der Waals surface area contributed by atoms with Crippen molar-refractivity contribution >= 4 is 11.8 Å². The predicted octanol–water partition coefficient (Wildman–Crippen LogP) is 2.28. The van der Waals surface area contributed by atoms with Gasteiger partial charge in [0.05, 0.1) is 19.8 Å². The van der Waals surface area contributed by atoms with Crippen LogP contribution in [-0.2, 0) is 20.9 Å². The number of nitrogens with zero attached hydrogens (tertiary/aromatic N) is 1. The lowest BCUT2D eigenvalue weighted by atomic mass is 10.1. The van der Waals surface area contributed by atoms with Gasteiger partial charge in [-0.05, 0) is 42.6 Å². The second kappa shape index (κ2) is 12.1. The Morgan fingerprint density at radius 1 is 1.03 bits per heavy atom. The van der Waals surface area contributed by atoms with E-state index in [0.717, 1.165) is 50.4 Å². The normalized spacial score (nSPS) is 16.5. The van der Waals surface area contributed by atoms with Gasteiger partial charge in [0.15, 0.2) is 0 Å². The second-order valence-electron chi connectivity index (χ2n) is 7.56. The van der Waals surface area contributed by atoms with Crippen LogP contribution < -0.4 is 15.4 Å². The number of carbonyl (C=O) groups excluding carboxylic acids is 2. The van der Waals surface area contributed by atoms with E-state index in [9.17, 15) is 9.59 Å². The molecule has 1 aliphatic heterocycles. The molecule has 1 fully saturated rings. The summed E-state index contributed by atoms with van der Waals surface area (Å²) in [6.45, 7) is 4.27. The standard InChI is InChI=1S/C24H31N3O4/c1-30-21-11-9-19(10-12-21)17-26-24(29)23(28)25-13-5-6-14-27-15-16-31-22(18-27)20-7-3-2-4-8-20/h2-4,7-12,22H,5-6,13-18H2,1H3,(H,25,28)(H,26,29). The highest BCUT2D eigenvalue weighted by Gasteiger charge is 2.21. The summed E-state index contributed by atoms with van der Waals surface area (Å²) in [4.78, 5) is 26.3. The zero-order valence-corrected chi connectivity index (χ0v) is 18.0. The third-order valence-corrected chi connectivity index (χ3v) is 5.33. The Labute approximate surface area is 183 Å². The maximum absolute atomic E-state index is 12.0. The number of rotatable bonds is 9. The van der Waals surface area contributed by atoms with E-state index >= 15 is 0 Å². The van der Waals surface area contributed by atoms with Crippen molar-refractivity contribution in [2.75, 3.05) is 39.9 Å². The highest BCUT2D eigenvalue weighted by Crippen LogP contribution is 2.22. The summed E-state index contributed by atoms with van der Waals surface area (Å²) in [5.41, 5.74) is 2.11. The molecule has 0 saturated carbocycles. The Balaban J connectivity index is 1.28. The molecule has 2 N–H and O–H groups in total. The third-order valence-electron chi connectivity index (χ3n) is 5.33. The fourth-order valence-corrected chi connectivity index (χ4v) is 3.52. The van der Waals surface area contributed by atoms with Crippen LogP contribution in [0.2, 0.25) is 0 Å². The first-order valence-corrected chi connectivity index (χ1v) is 10.7. The van der Waals surface area contributed by atoms with Gasteiger partial charge in [0.1, 0.15) is 5.75 Å². The lowest BCUT2D eigenvalue weighted by Crippen LogP contribution is -2.40. The Kier molecular flexibility index (Phi) is 8.87. The summed E-state index contributed by atoms with van der Waals surface area (Å²) in [5, 5.41) is 5.33. The summed E-state index contributed by atoms with van der Waals surface area (Å²) in [5.74, 6) is -0.459. The molecule has 31 heavy (non-hydrogen) atoms. The minimum atomic E-state index is -0.616. The first-order chi connectivity index (χ1) is 15.2. The largest absolute Gasteiger partial charge is 0.497 e. The van der Waals surface area contributed by atoms with E-state index in [0.29, 0.717) is 13.1 Å². The quantitative estimate of drug-likeness (QED) is 0.476. The van der Waals surface area contributed by atoms with Crippen molar-refractivity contribution < 1.29 is 19.1 Å². The van der Waals surface area contributed by atoms with Crippen LogP contribution in [0.15, 0.2) is 54.6 Å². The molecule has 1 aliphatic rings. The van der Waals surface area contributed by atoms with E-state index in [-0.39, 0.29) is 6.10 Å². The van der Waals surface area contributed by atoms with E-state index < -0.39 is 11.8 Å². The van der Waals surface area contributed by atoms with Crippen LogP contribution in [-0.4, -0.2) is 56.6 Å². The number of carbonyl (C=O) groups is 2. The number of ether oxygens (including phenoxy) is 2. The van der Waals surface area contributed by atoms with Gasteiger partial charge in [-0.25, -0.2) is 0 Å². The number of benzene rings is 2. The van der Waals surface area contributed by atoms with E-state index in [1.165, 1.54) is 5.56 Å². The number of nitrogens with one attached hydrogen (secondary N) is 2. The van der Waals surface area contributed by atoms with Crippen molar-refractivity contribution in [1.82, 2.24) is 15.5 Å². The molecule has 1 saturated heterocycles. The number of amides is 2. The summed E-state index contributed by atoms with van der Waals surface area (Å²) in [6, 6.07) is 17.6. The number of methoxy groups -OCH3 is 1. The summed E-state index contributed by atoms with van der Waals surface area (Å²) in [7, 11) is 1.60. The molecule has 2 aromatic rings. The van der Waals surface area contributed by atoms with Gasteiger partial charge >= 0.3 is 11.8 Å². The van der Waals surface area contributed by atoms with Crippen LogP contribution in [0.4, 0.5) is 0 Å². The van der Waals surface area contributed by atoms with Crippen molar-refractivity contribution in [1.29, 1.82) is 0 Å². The molecule has 3 rings (SSSR count). The number of morpholine rings is 1. The second-order valence-corrected chi connectivity index (χ2v) is 7.56. The molecule has 1 unspecified atom stereocenters.